The van der Waals surface area contributed by atoms with Crippen LogP contribution in [0, 0.1) is 0 Å². The normalized spacial score (nSPS) is 17.7. The number of ether oxygens (including phenoxy) is 3. The van der Waals surface area contributed by atoms with Crippen LogP contribution in [0.2, 0.25) is 0 Å². The third-order valence-electron chi connectivity index (χ3n) is 5.78. The summed E-state index contributed by atoms with van der Waals surface area (Å²) in [7, 11) is 0. The van der Waals surface area contributed by atoms with Crippen LogP contribution in [0.4, 0.5) is 0 Å². The van der Waals surface area contributed by atoms with E-state index in [1.807, 2.05) is 68.4 Å². The summed E-state index contributed by atoms with van der Waals surface area (Å²) in [5, 5.41) is 0. The maximum absolute atomic E-state index is 14.3. The maximum atomic E-state index is 14.3. The quantitative estimate of drug-likeness (QED) is 0.327. The smallest absolute Gasteiger partial charge is 0.219 e. The molecule has 0 saturated heterocycles. The second-order valence-electron chi connectivity index (χ2n) is 7.70. The monoisotopic (exact) mass is 508 g/mol. The number of aldehydes is 1. The van der Waals surface area contributed by atoms with Crippen molar-refractivity contribution in [3.8, 4) is 17.2 Å². The lowest BCUT2D eigenvalue weighted by atomic mass is 9.72. The van der Waals surface area contributed by atoms with Crippen LogP contribution in [0.25, 0.3) is 0 Å². The largest absolute Gasteiger partial charge is 0.494 e. The second-order valence-corrected chi connectivity index (χ2v) is 8.62. The number of halogens is 1. The predicted molar refractivity (Wildman–Crippen MR) is 129 cm³/mol. The minimum atomic E-state index is -1.43. The Bertz CT molecular complexity index is 1140. The number of hydrogen-bond acceptors (Lipinski definition) is 5. The van der Waals surface area contributed by atoms with E-state index < -0.39 is 11.5 Å². The molecule has 0 fully saturated rings. The van der Waals surface area contributed by atoms with Crippen molar-refractivity contribution in [2.45, 2.75) is 31.8 Å². The van der Waals surface area contributed by atoms with Gasteiger partial charge in [-0.25, -0.2) is 0 Å². The Morgan fingerprint density at radius 2 is 1.70 bits per heavy atom. The molecule has 2 atom stereocenters. The fourth-order valence-corrected chi connectivity index (χ4v) is 4.70. The molecular weight excluding hydrogens is 484 g/mol. The molecule has 0 aromatic heterocycles. The molecule has 0 unspecified atom stereocenters. The second kappa shape index (κ2) is 9.79. The molecule has 1 aliphatic heterocycles. The lowest BCUT2D eigenvalue weighted by Gasteiger charge is -2.35. The number of Topliss-reactive ketones (excluding diaryl/α,β-unsaturated/α-hetero) is 1. The molecule has 3 aromatic carbocycles. The van der Waals surface area contributed by atoms with Gasteiger partial charge in [-0.1, -0.05) is 58.4 Å². The number of ketones is 1. The zero-order valence-corrected chi connectivity index (χ0v) is 20.1. The number of carbonyl (C=O) groups is 2. The van der Waals surface area contributed by atoms with Crippen molar-refractivity contribution in [3.05, 3.63) is 87.9 Å². The van der Waals surface area contributed by atoms with E-state index in [0.29, 0.717) is 41.6 Å². The highest BCUT2D eigenvalue weighted by molar-refractivity contribution is 9.10. The fraction of sp³-hybridized carbons (Fsp3) is 0.259. The van der Waals surface area contributed by atoms with Gasteiger partial charge in [0.25, 0.3) is 0 Å². The predicted octanol–water partition coefficient (Wildman–Crippen LogP) is 6.09. The van der Waals surface area contributed by atoms with E-state index in [0.717, 1.165) is 16.3 Å². The molecule has 0 amide bonds. The first kappa shape index (κ1) is 23.1. The standard InChI is InChI=1S/C27H25BrO5/c1-3-31-21-16-23(32-4-2)25-24(17-21)33-27(26(25)30,19-10-12-20(28)13-11-19)22(14-15-29)18-8-6-5-7-9-18/h5-13,15-17,22H,3-4,14H2,1-2H3/t22-,27-/m1/s1. The van der Waals surface area contributed by atoms with E-state index in [4.69, 9.17) is 14.2 Å². The van der Waals surface area contributed by atoms with Crippen molar-refractivity contribution in [3.63, 3.8) is 0 Å². The Morgan fingerprint density at radius 3 is 2.33 bits per heavy atom. The van der Waals surface area contributed by atoms with Gasteiger partial charge in [0.05, 0.1) is 13.2 Å². The summed E-state index contributed by atoms with van der Waals surface area (Å²) in [5.74, 6) is 0.597. The van der Waals surface area contributed by atoms with Crippen LogP contribution in [0.3, 0.4) is 0 Å². The van der Waals surface area contributed by atoms with E-state index >= 15 is 0 Å². The molecule has 3 aromatic rings. The highest BCUT2D eigenvalue weighted by Crippen LogP contribution is 2.54. The lowest BCUT2D eigenvalue weighted by Crippen LogP contribution is -2.43. The summed E-state index contributed by atoms with van der Waals surface area (Å²) < 4.78 is 19.0. The number of rotatable bonds is 9. The molecular formula is C27H25BrO5. The van der Waals surface area contributed by atoms with Crippen LogP contribution < -0.4 is 14.2 Å². The number of hydrogen-bond donors (Lipinski definition) is 0. The minimum Gasteiger partial charge on any atom is -0.494 e. The summed E-state index contributed by atoms with van der Waals surface area (Å²) in [6.07, 6.45) is 0.953. The van der Waals surface area contributed by atoms with Gasteiger partial charge >= 0.3 is 0 Å². The molecule has 1 heterocycles. The van der Waals surface area contributed by atoms with Crippen molar-refractivity contribution >= 4 is 28.0 Å². The van der Waals surface area contributed by atoms with Gasteiger partial charge < -0.3 is 19.0 Å². The molecule has 6 heteroatoms. The molecule has 1 aliphatic rings. The molecule has 5 nitrogen and oxygen atoms in total. The molecule has 0 bridgehead atoms. The Kier molecular flexibility index (Phi) is 6.84. The van der Waals surface area contributed by atoms with Crippen molar-refractivity contribution < 1.29 is 23.8 Å². The van der Waals surface area contributed by atoms with Crippen molar-refractivity contribution in [1.82, 2.24) is 0 Å². The molecule has 0 N–H and O–H groups in total. The third-order valence-corrected chi connectivity index (χ3v) is 6.31. The summed E-state index contributed by atoms with van der Waals surface area (Å²) >= 11 is 3.47. The SMILES string of the molecule is CCOc1cc(OCC)c2c(c1)O[C@](c1ccc(Br)cc1)([C@H](CC=O)c1ccccc1)C2=O. The van der Waals surface area contributed by atoms with Gasteiger partial charge in [-0.05, 0) is 31.5 Å². The molecule has 170 valence electrons. The van der Waals surface area contributed by atoms with Crippen LogP contribution in [0.15, 0.2) is 71.2 Å². The van der Waals surface area contributed by atoms with Gasteiger partial charge in [-0.15, -0.1) is 0 Å². The summed E-state index contributed by atoms with van der Waals surface area (Å²) in [5.41, 5.74) is 0.455. The van der Waals surface area contributed by atoms with E-state index in [-0.39, 0.29) is 12.2 Å². The first-order valence-electron chi connectivity index (χ1n) is 11.0. The van der Waals surface area contributed by atoms with Gasteiger partial charge in [-0.2, -0.15) is 0 Å². The van der Waals surface area contributed by atoms with Crippen LogP contribution >= 0.6 is 15.9 Å². The molecule has 0 saturated carbocycles. The van der Waals surface area contributed by atoms with Gasteiger partial charge in [-0.3, -0.25) is 4.79 Å². The molecule has 0 radical (unpaired) electrons. The van der Waals surface area contributed by atoms with Gasteiger partial charge in [0, 0.05) is 34.5 Å². The summed E-state index contributed by atoms with van der Waals surface area (Å²) in [6, 6.07) is 20.4. The van der Waals surface area contributed by atoms with Crippen molar-refractivity contribution in [2.24, 2.45) is 0 Å². The van der Waals surface area contributed by atoms with Crippen LogP contribution in [0.1, 0.15) is 47.7 Å². The summed E-state index contributed by atoms with van der Waals surface area (Å²) in [4.78, 5) is 26.1. The molecule has 0 aliphatic carbocycles. The highest BCUT2D eigenvalue weighted by Gasteiger charge is 2.56. The number of fused-ring (bicyclic) bond motifs is 1. The van der Waals surface area contributed by atoms with E-state index in [1.54, 1.807) is 12.1 Å². The molecule has 4 rings (SSSR count). The highest BCUT2D eigenvalue weighted by atomic mass is 79.9. The van der Waals surface area contributed by atoms with E-state index in [2.05, 4.69) is 15.9 Å². The minimum absolute atomic E-state index is 0.113. The fourth-order valence-electron chi connectivity index (χ4n) is 4.43. The van der Waals surface area contributed by atoms with E-state index in [9.17, 15) is 9.59 Å². The molecule has 33 heavy (non-hydrogen) atoms. The number of carbonyl (C=O) groups excluding carboxylic acids is 2. The van der Waals surface area contributed by atoms with E-state index in [1.165, 1.54) is 0 Å². The zero-order chi connectivity index (χ0) is 23.4. The third kappa shape index (κ3) is 4.15. The van der Waals surface area contributed by atoms with Gasteiger partial charge in [0.15, 0.2) is 0 Å². The Labute approximate surface area is 201 Å². The first-order chi connectivity index (χ1) is 16.0. The van der Waals surface area contributed by atoms with Crippen LogP contribution in [0.5, 0.6) is 17.2 Å². The number of benzene rings is 3. The van der Waals surface area contributed by atoms with Crippen molar-refractivity contribution in [2.75, 3.05) is 13.2 Å². The zero-order valence-electron chi connectivity index (χ0n) is 18.5. The maximum Gasteiger partial charge on any atom is 0.219 e. The van der Waals surface area contributed by atoms with Gasteiger partial charge in [0.1, 0.15) is 29.1 Å². The summed E-state index contributed by atoms with van der Waals surface area (Å²) in [6.45, 7) is 4.60. The van der Waals surface area contributed by atoms with Crippen LogP contribution in [-0.2, 0) is 10.4 Å². The van der Waals surface area contributed by atoms with Crippen LogP contribution in [-0.4, -0.2) is 25.3 Å². The Morgan fingerprint density at radius 1 is 1.00 bits per heavy atom. The first-order valence-corrected chi connectivity index (χ1v) is 11.8. The Balaban J connectivity index is 1.97. The van der Waals surface area contributed by atoms with Crippen molar-refractivity contribution in [1.29, 1.82) is 0 Å². The van der Waals surface area contributed by atoms with Gasteiger partial charge in [0.2, 0.25) is 11.4 Å². The lowest BCUT2D eigenvalue weighted by molar-refractivity contribution is -0.109. The Hall–Kier alpha value is -3.12. The molecule has 0 spiro atoms. The topological polar surface area (TPSA) is 61.8 Å². The average molecular weight is 509 g/mol. The average Bonchev–Trinajstić information content (AvgIpc) is 3.12.